The Bertz CT molecular complexity index is 944. The van der Waals surface area contributed by atoms with Gasteiger partial charge in [-0.25, -0.2) is 0 Å². The van der Waals surface area contributed by atoms with Gasteiger partial charge >= 0.3 is 0 Å². The number of fused-ring (bicyclic) bond motifs is 1. The first-order valence-electron chi connectivity index (χ1n) is 9.17. The van der Waals surface area contributed by atoms with Crippen LogP contribution in [0, 0.1) is 0 Å². The van der Waals surface area contributed by atoms with E-state index in [1.54, 1.807) is 17.0 Å². The minimum atomic E-state index is -0.332. The number of ether oxygens (including phenoxy) is 1. The molecule has 0 saturated carbocycles. The summed E-state index contributed by atoms with van der Waals surface area (Å²) in [5, 5.41) is 8.56. The number of hydrogen-bond acceptors (Lipinski definition) is 6. The highest BCUT2D eigenvalue weighted by atomic mass is 16.5. The van der Waals surface area contributed by atoms with Crippen LogP contribution in [-0.2, 0) is 11.2 Å². The highest BCUT2D eigenvalue weighted by Gasteiger charge is 2.39. The van der Waals surface area contributed by atoms with Gasteiger partial charge in [-0.05, 0) is 36.6 Å². The van der Waals surface area contributed by atoms with E-state index in [0.29, 0.717) is 37.2 Å². The van der Waals surface area contributed by atoms with Gasteiger partial charge in [0.2, 0.25) is 11.8 Å². The molecule has 1 aromatic carbocycles. The second-order valence-corrected chi connectivity index (χ2v) is 6.87. The lowest BCUT2D eigenvalue weighted by atomic mass is 10.0. The molecular formula is C20H19N3O4. The van der Waals surface area contributed by atoms with Crippen LogP contribution in [0.4, 0.5) is 5.69 Å². The Morgan fingerprint density at radius 2 is 1.85 bits per heavy atom. The average molecular weight is 365 g/mol. The van der Waals surface area contributed by atoms with E-state index in [9.17, 15) is 4.79 Å². The van der Waals surface area contributed by atoms with Crippen molar-refractivity contribution in [1.29, 1.82) is 0 Å². The quantitative estimate of drug-likeness (QED) is 0.707. The minimum absolute atomic E-state index is 0.208. The van der Waals surface area contributed by atoms with Crippen molar-refractivity contribution in [3.63, 3.8) is 0 Å². The number of anilines is 1. The zero-order valence-corrected chi connectivity index (χ0v) is 14.7. The summed E-state index contributed by atoms with van der Waals surface area (Å²) in [5.41, 5.74) is 1.93. The second-order valence-electron chi connectivity index (χ2n) is 6.87. The highest BCUT2D eigenvalue weighted by Crippen LogP contribution is 2.41. The number of para-hydroxylation sites is 1. The third-order valence-electron chi connectivity index (χ3n) is 5.24. The molecule has 0 spiro atoms. The molecule has 0 radical (unpaired) electrons. The van der Waals surface area contributed by atoms with Crippen LogP contribution in [0.15, 0.2) is 51.5 Å². The summed E-state index contributed by atoms with van der Waals surface area (Å²) >= 11 is 0. The van der Waals surface area contributed by atoms with E-state index >= 15 is 0 Å². The molecule has 7 nitrogen and oxygen atoms in total. The summed E-state index contributed by atoms with van der Waals surface area (Å²) in [4.78, 5) is 14.8. The second kappa shape index (κ2) is 6.66. The van der Waals surface area contributed by atoms with Crippen LogP contribution in [-0.4, -0.2) is 29.3 Å². The van der Waals surface area contributed by atoms with Crippen molar-refractivity contribution in [3.05, 3.63) is 65.8 Å². The lowest BCUT2D eigenvalue weighted by Gasteiger charge is -2.22. The summed E-state index contributed by atoms with van der Waals surface area (Å²) in [6, 6.07) is 10.9. The van der Waals surface area contributed by atoms with Gasteiger partial charge in [-0.15, -0.1) is 10.2 Å². The molecule has 2 aromatic heterocycles. The standard InChI is InChI=1S/C20H19N3O4/c24-20(17-6-3-9-26-17)23-15-5-2-1-4-14(15)12-16(23)19-22-21-18(27-19)13-7-10-25-11-8-13/h1-6,9,13,16H,7-8,10-12H2. The number of rotatable bonds is 3. The predicted octanol–water partition coefficient (Wildman–Crippen LogP) is 3.50. The molecule has 4 heterocycles. The van der Waals surface area contributed by atoms with Crippen LogP contribution in [0.2, 0.25) is 0 Å². The highest BCUT2D eigenvalue weighted by molar-refractivity contribution is 6.06. The smallest absolute Gasteiger partial charge is 0.294 e. The fraction of sp³-hybridized carbons (Fsp3) is 0.350. The molecule has 138 valence electrons. The zero-order chi connectivity index (χ0) is 18.2. The number of nitrogens with zero attached hydrogens (tertiary/aromatic N) is 3. The van der Waals surface area contributed by atoms with E-state index in [4.69, 9.17) is 13.6 Å². The molecule has 27 heavy (non-hydrogen) atoms. The summed E-state index contributed by atoms with van der Waals surface area (Å²) in [6.45, 7) is 1.42. The van der Waals surface area contributed by atoms with Gasteiger partial charge in [0.05, 0.1) is 6.26 Å². The molecule has 2 aliphatic rings. The molecule has 1 amide bonds. The van der Waals surface area contributed by atoms with Crippen LogP contribution in [0.1, 0.15) is 52.7 Å². The maximum atomic E-state index is 13.1. The Morgan fingerprint density at radius 3 is 2.67 bits per heavy atom. The molecule has 3 aromatic rings. The molecule has 5 rings (SSSR count). The van der Waals surface area contributed by atoms with Gasteiger partial charge < -0.3 is 13.6 Å². The summed E-state index contributed by atoms with van der Waals surface area (Å²) < 4.78 is 16.8. The average Bonchev–Trinajstić information content (AvgIpc) is 3.47. The maximum Gasteiger partial charge on any atom is 0.294 e. The number of hydrogen-bond donors (Lipinski definition) is 0. The number of carbonyl (C=O) groups is 1. The fourth-order valence-electron chi connectivity index (χ4n) is 3.84. The molecule has 0 aliphatic carbocycles. The molecule has 1 saturated heterocycles. The number of benzene rings is 1. The van der Waals surface area contributed by atoms with Crippen LogP contribution < -0.4 is 4.90 Å². The first kappa shape index (κ1) is 16.3. The fourth-order valence-corrected chi connectivity index (χ4v) is 3.84. The van der Waals surface area contributed by atoms with Gasteiger partial charge in [-0.2, -0.15) is 0 Å². The van der Waals surface area contributed by atoms with Gasteiger partial charge in [0.15, 0.2) is 5.76 Å². The van der Waals surface area contributed by atoms with Crippen molar-refractivity contribution >= 4 is 11.6 Å². The van der Waals surface area contributed by atoms with Gasteiger partial charge in [0, 0.05) is 31.2 Å². The number of furan rings is 1. The Morgan fingerprint density at radius 1 is 1.04 bits per heavy atom. The summed E-state index contributed by atoms with van der Waals surface area (Å²) in [7, 11) is 0. The van der Waals surface area contributed by atoms with Gasteiger partial charge in [-0.1, -0.05) is 18.2 Å². The molecule has 7 heteroatoms. The van der Waals surface area contributed by atoms with Gasteiger partial charge in [0.25, 0.3) is 5.91 Å². The van der Waals surface area contributed by atoms with Gasteiger partial charge in [0.1, 0.15) is 6.04 Å². The van der Waals surface area contributed by atoms with E-state index in [1.807, 2.05) is 24.3 Å². The lowest BCUT2D eigenvalue weighted by molar-refractivity contribution is 0.0789. The molecule has 1 unspecified atom stereocenters. The Balaban J connectivity index is 1.49. The monoisotopic (exact) mass is 365 g/mol. The SMILES string of the molecule is O=C(c1ccco1)N1c2ccccc2CC1c1nnc(C2CCOCC2)o1. The lowest BCUT2D eigenvalue weighted by Crippen LogP contribution is -2.32. The van der Waals surface area contributed by atoms with Gasteiger partial charge in [-0.3, -0.25) is 9.69 Å². The maximum absolute atomic E-state index is 13.1. The molecule has 0 bridgehead atoms. The van der Waals surface area contributed by atoms with Crippen molar-refractivity contribution in [1.82, 2.24) is 10.2 Å². The topological polar surface area (TPSA) is 81.6 Å². The Hall–Kier alpha value is -2.93. The minimum Gasteiger partial charge on any atom is -0.459 e. The third kappa shape index (κ3) is 2.84. The summed E-state index contributed by atoms with van der Waals surface area (Å²) in [5.74, 6) is 1.40. The largest absolute Gasteiger partial charge is 0.459 e. The van der Waals surface area contributed by atoms with Crippen LogP contribution in [0.5, 0.6) is 0 Å². The Kier molecular flexibility index (Phi) is 4.01. The summed E-state index contributed by atoms with van der Waals surface area (Å²) in [6.07, 6.45) is 3.89. The van der Waals surface area contributed by atoms with E-state index in [0.717, 1.165) is 24.1 Å². The number of amides is 1. The first-order chi connectivity index (χ1) is 13.3. The van der Waals surface area contributed by atoms with Crippen LogP contribution >= 0.6 is 0 Å². The predicted molar refractivity (Wildman–Crippen MR) is 95.5 cm³/mol. The molecule has 1 fully saturated rings. The van der Waals surface area contributed by atoms with E-state index in [2.05, 4.69) is 10.2 Å². The molecule has 1 atom stereocenters. The number of carbonyl (C=O) groups excluding carboxylic acids is 1. The van der Waals surface area contributed by atoms with Crippen LogP contribution in [0.25, 0.3) is 0 Å². The van der Waals surface area contributed by atoms with Crippen molar-refractivity contribution < 1.29 is 18.4 Å². The molecule has 2 aliphatic heterocycles. The van der Waals surface area contributed by atoms with Crippen molar-refractivity contribution in [2.24, 2.45) is 0 Å². The van der Waals surface area contributed by atoms with E-state index in [-0.39, 0.29) is 17.9 Å². The Labute approximate surface area is 155 Å². The zero-order valence-electron chi connectivity index (χ0n) is 14.7. The van der Waals surface area contributed by atoms with Crippen molar-refractivity contribution in [3.8, 4) is 0 Å². The normalized spacial score (nSPS) is 20.0. The van der Waals surface area contributed by atoms with Crippen molar-refractivity contribution in [2.75, 3.05) is 18.1 Å². The van der Waals surface area contributed by atoms with Crippen LogP contribution in [0.3, 0.4) is 0 Å². The number of aromatic nitrogens is 2. The van der Waals surface area contributed by atoms with Crippen molar-refractivity contribution in [2.45, 2.75) is 31.2 Å². The first-order valence-corrected chi connectivity index (χ1v) is 9.17. The van der Waals surface area contributed by atoms with E-state index < -0.39 is 0 Å². The third-order valence-corrected chi connectivity index (χ3v) is 5.24. The molecular weight excluding hydrogens is 346 g/mol. The molecule has 0 N–H and O–H groups in total. The van der Waals surface area contributed by atoms with E-state index in [1.165, 1.54) is 6.26 Å².